The smallest absolute Gasteiger partial charge is 0.335 e. The topological polar surface area (TPSA) is 66.4 Å². The van der Waals surface area contributed by atoms with Crippen molar-refractivity contribution in [2.75, 3.05) is 5.32 Å². The maximum atomic E-state index is 12.0. The zero-order valence-electron chi connectivity index (χ0n) is 9.94. The Morgan fingerprint density at radius 3 is 2.63 bits per heavy atom. The van der Waals surface area contributed by atoms with Gasteiger partial charge in [-0.15, -0.1) is 0 Å². The van der Waals surface area contributed by atoms with E-state index < -0.39 is 5.97 Å². The number of carbonyl (C=O) groups is 2. The number of aromatic carboxylic acids is 1. The molecule has 0 aliphatic rings. The zero-order valence-corrected chi connectivity index (χ0v) is 11.5. The summed E-state index contributed by atoms with van der Waals surface area (Å²) in [5, 5.41) is 15.4. The molecule has 0 aliphatic carbocycles. The van der Waals surface area contributed by atoms with Gasteiger partial charge < -0.3 is 10.4 Å². The molecule has 1 amide bonds. The fraction of sp³-hybridized carbons (Fsp3) is 0.0769. The van der Waals surface area contributed by atoms with Crippen LogP contribution in [0.1, 0.15) is 26.3 Å². The standard InChI is InChI=1S/C13H10ClNO3S/c1-7-5-19-6-9(7)12(16)15-11-4-8(13(17)18)2-3-10(11)14/h2-6H,1H3,(H,15,16)(H,17,18). The monoisotopic (exact) mass is 295 g/mol. The summed E-state index contributed by atoms with van der Waals surface area (Å²) >= 11 is 7.37. The Morgan fingerprint density at radius 1 is 1.32 bits per heavy atom. The summed E-state index contributed by atoms with van der Waals surface area (Å²) in [6.07, 6.45) is 0. The first-order valence-corrected chi connectivity index (χ1v) is 6.68. The van der Waals surface area contributed by atoms with Crippen LogP contribution in [-0.2, 0) is 0 Å². The number of benzene rings is 1. The van der Waals surface area contributed by atoms with Crippen LogP contribution in [0.15, 0.2) is 29.0 Å². The van der Waals surface area contributed by atoms with Crippen LogP contribution in [0.3, 0.4) is 0 Å². The molecular formula is C13H10ClNO3S. The third-order valence-electron chi connectivity index (χ3n) is 2.56. The third-order valence-corrected chi connectivity index (χ3v) is 3.75. The molecule has 2 aromatic rings. The lowest BCUT2D eigenvalue weighted by Gasteiger charge is -2.08. The number of carboxylic acid groups (broad SMARTS) is 1. The number of hydrogen-bond acceptors (Lipinski definition) is 3. The SMILES string of the molecule is Cc1cscc1C(=O)Nc1cc(C(=O)O)ccc1Cl. The minimum atomic E-state index is -1.07. The van der Waals surface area contributed by atoms with Crippen molar-refractivity contribution in [1.82, 2.24) is 0 Å². The van der Waals surface area contributed by atoms with Gasteiger partial charge in [-0.3, -0.25) is 4.79 Å². The molecule has 0 unspecified atom stereocenters. The fourth-order valence-electron chi connectivity index (χ4n) is 1.54. The summed E-state index contributed by atoms with van der Waals surface area (Å²) < 4.78 is 0. The third kappa shape index (κ3) is 2.94. The van der Waals surface area contributed by atoms with Crippen molar-refractivity contribution in [1.29, 1.82) is 0 Å². The van der Waals surface area contributed by atoms with E-state index in [9.17, 15) is 9.59 Å². The molecule has 0 saturated heterocycles. The van der Waals surface area contributed by atoms with Crippen molar-refractivity contribution in [3.05, 3.63) is 50.7 Å². The minimum absolute atomic E-state index is 0.0711. The summed E-state index contributed by atoms with van der Waals surface area (Å²) in [6, 6.07) is 4.17. The molecule has 0 atom stereocenters. The quantitative estimate of drug-likeness (QED) is 0.908. The van der Waals surface area contributed by atoms with E-state index in [0.29, 0.717) is 10.6 Å². The van der Waals surface area contributed by atoms with Crippen molar-refractivity contribution in [3.8, 4) is 0 Å². The normalized spacial score (nSPS) is 10.2. The van der Waals surface area contributed by atoms with E-state index in [-0.39, 0.29) is 17.2 Å². The van der Waals surface area contributed by atoms with E-state index in [1.807, 2.05) is 12.3 Å². The van der Waals surface area contributed by atoms with Crippen LogP contribution >= 0.6 is 22.9 Å². The van der Waals surface area contributed by atoms with Gasteiger partial charge in [-0.05, 0) is 36.1 Å². The molecular weight excluding hydrogens is 286 g/mol. The summed E-state index contributed by atoms with van der Waals surface area (Å²) in [5.41, 5.74) is 1.79. The average molecular weight is 296 g/mol. The fourth-order valence-corrected chi connectivity index (χ4v) is 2.53. The Morgan fingerprint density at radius 2 is 2.05 bits per heavy atom. The maximum Gasteiger partial charge on any atom is 0.335 e. The molecule has 19 heavy (non-hydrogen) atoms. The van der Waals surface area contributed by atoms with Gasteiger partial charge in [0.1, 0.15) is 0 Å². The Bertz CT molecular complexity index is 651. The van der Waals surface area contributed by atoms with Crippen LogP contribution in [0.2, 0.25) is 5.02 Å². The minimum Gasteiger partial charge on any atom is -0.478 e. The Hall–Kier alpha value is -1.85. The van der Waals surface area contributed by atoms with Gasteiger partial charge in [-0.2, -0.15) is 11.3 Å². The van der Waals surface area contributed by atoms with Crippen molar-refractivity contribution < 1.29 is 14.7 Å². The second-order valence-electron chi connectivity index (χ2n) is 3.92. The number of carbonyl (C=O) groups excluding carboxylic acids is 1. The molecule has 0 spiro atoms. The first-order chi connectivity index (χ1) is 8.99. The highest BCUT2D eigenvalue weighted by molar-refractivity contribution is 7.08. The Balaban J connectivity index is 2.28. The molecule has 1 aromatic heterocycles. The number of carboxylic acids is 1. The van der Waals surface area contributed by atoms with Gasteiger partial charge in [0.05, 0.1) is 21.8 Å². The van der Waals surface area contributed by atoms with Crippen molar-refractivity contribution >= 4 is 40.5 Å². The highest BCUT2D eigenvalue weighted by atomic mass is 35.5. The predicted molar refractivity (Wildman–Crippen MR) is 75.4 cm³/mol. The number of nitrogens with one attached hydrogen (secondary N) is 1. The lowest BCUT2D eigenvalue weighted by Crippen LogP contribution is -2.13. The largest absolute Gasteiger partial charge is 0.478 e. The van der Waals surface area contributed by atoms with Crippen molar-refractivity contribution in [2.45, 2.75) is 6.92 Å². The molecule has 4 nitrogen and oxygen atoms in total. The highest BCUT2D eigenvalue weighted by Crippen LogP contribution is 2.24. The molecule has 0 saturated carbocycles. The first kappa shape index (κ1) is 13.6. The molecule has 0 radical (unpaired) electrons. The average Bonchev–Trinajstić information content (AvgIpc) is 2.78. The second kappa shape index (κ2) is 5.42. The van der Waals surface area contributed by atoms with Crippen LogP contribution in [0.4, 0.5) is 5.69 Å². The number of rotatable bonds is 3. The molecule has 1 aromatic carbocycles. The molecule has 2 rings (SSSR count). The van der Waals surface area contributed by atoms with Crippen LogP contribution in [0.5, 0.6) is 0 Å². The molecule has 0 fully saturated rings. The van der Waals surface area contributed by atoms with Crippen LogP contribution in [-0.4, -0.2) is 17.0 Å². The molecule has 2 N–H and O–H groups in total. The number of amides is 1. The zero-order chi connectivity index (χ0) is 14.0. The first-order valence-electron chi connectivity index (χ1n) is 5.36. The number of aryl methyl sites for hydroxylation is 1. The number of thiophene rings is 1. The van der Waals surface area contributed by atoms with Gasteiger partial charge in [-0.1, -0.05) is 11.6 Å². The van der Waals surface area contributed by atoms with Gasteiger partial charge in [0, 0.05) is 5.38 Å². The molecule has 98 valence electrons. The van der Waals surface area contributed by atoms with E-state index >= 15 is 0 Å². The molecule has 0 aliphatic heterocycles. The van der Waals surface area contributed by atoms with Crippen molar-refractivity contribution in [3.63, 3.8) is 0 Å². The van der Waals surface area contributed by atoms with E-state index in [4.69, 9.17) is 16.7 Å². The van der Waals surface area contributed by atoms with E-state index in [2.05, 4.69) is 5.32 Å². The van der Waals surface area contributed by atoms with Gasteiger partial charge in [0.2, 0.25) is 0 Å². The van der Waals surface area contributed by atoms with Crippen LogP contribution in [0, 0.1) is 6.92 Å². The summed E-state index contributed by atoms with van der Waals surface area (Å²) in [5.74, 6) is -1.37. The lowest BCUT2D eigenvalue weighted by molar-refractivity contribution is 0.0696. The molecule has 6 heteroatoms. The maximum absolute atomic E-state index is 12.0. The summed E-state index contributed by atoms with van der Waals surface area (Å²) in [6.45, 7) is 1.83. The summed E-state index contributed by atoms with van der Waals surface area (Å²) in [4.78, 5) is 22.9. The molecule has 0 bridgehead atoms. The van der Waals surface area contributed by atoms with E-state index in [1.54, 1.807) is 5.38 Å². The van der Waals surface area contributed by atoms with Gasteiger partial charge >= 0.3 is 5.97 Å². The van der Waals surface area contributed by atoms with Crippen molar-refractivity contribution in [2.24, 2.45) is 0 Å². The number of anilines is 1. The van der Waals surface area contributed by atoms with Gasteiger partial charge in [0.25, 0.3) is 5.91 Å². The van der Waals surface area contributed by atoms with E-state index in [1.165, 1.54) is 29.5 Å². The number of hydrogen-bond donors (Lipinski definition) is 2. The number of halogens is 1. The summed E-state index contributed by atoms with van der Waals surface area (Å²) in [7, 11) is 0. The van der Waals surface area contributed by atoms with Gasteiger partial charge in [-0.25, -0.2) is 4.79 Å². The lowest BCUT2D eigenvalue weighted by atomic mass is 10.1. The second-order valence-corrected chi connectivity index (χ2v) is 5.07. The predicted octanol–water partition coefficient (Wildman–Crippen LogP) is 3.66. The van der Waals surface area contributed by atoms with Crippen LogP contribution in [0.25, 0.3) is 0 Å². The van der Waals surface area contributed by atoms with E-state index in [0.717, 1.165) is 5.56 Å². The molecule has 1 heterocycles. The Labute approximate surface area is 118 Å². The van der Waals surface area contributed by atoms with Crippen LogP contribution < -0.4 is 5.32 Å². The Kier molecular flexibility index (Phi) is 3.87. The van der Waals surface area contributed by atoms with Gasteiger partial charge in [0.15, 0.2) is 0 Å². The highest BCUT2D eigenvalue weighted by Gasteiger charge is 2.13.